The van der Waals surface area contributed by atoms with Gasteiger partial charge in [-0.05, 0) is 20.8 Å². The Morgan fingerprint density at radius 3 is 2.67 bits per heavy atom. The second-order valence-electron chi connectivity index (χ2n) is 4.32. The highest BCUT2D eigenvalue weighted by Crippen LogP contribution is 2.14. The number of aromatic nitrogens is 2. The Bertz CT molecular complexity index is 335. The fourth-order valence-corrected chi connectivity index (χ4v) is 1.28. The molecule has 0 aliphatic heterocycles. The van der Waals surface area contributed by atoms with Crippen LogP contribution < -0.4 is 0 Å². The van der Waals surface area contributed by atoms with E-state index in [0.29, 0.717) is 6.54 Å². The Balaban J connectivity index is 2.91. The number of nitrogens with zero attached hydrogens (tertiary/aromatic N) is 3. The van der Waals surface area contributed by atoms with E-state index in [1.54, 1.807) is 23.4 Å². The third-order valence-corrected chi connectivity index (χ3v) is 2.08. The Morgan fingerprint density at radius 1 is 1.60 bits per heavy atom. The van der Waals surface area contributed by atoms with E-state index in [1.807, 2.05) is 20.8 Å². The monoisotopic (exact) mass is 207 g/mol. The predicted octanol–water partition coefficient (Wildman–Crippen LogP) is 2.14. The zero-order valence-corrected chi connectivity index (χ0v) is 9.47. The molecule has 0 spiro atoms. The lowest BCUT2D eigenvalue weighted by atomic mass is 10.1. The number of amides is 1. The van der Waals surface area contributed by atoms with Gasteiger partial charge in [-0.2, -0.15) is 0 Å². The van der Waals surface area contributed by atoms with Crippen molar-refractivity contribution in [2.75, 3.05) is 6.54 Å². The van der Waals surface area contributed by atoms with Crippen LogP contribution in [-0.2, 0) is 0 Å². The van der Waals surface area contributed by atoms with Crippen molar-refractivity contribution in [2.24, 2.45) is 0 Å². The largest absolute Gasteiger partial charge is 0.330 e. The summed E-state index contributed by atoms with van der Waals surface area (Å²) in [4.78, 5) is 17.6. The second-order valence-corrected chi connectivity index (χ2v) is 4.32. The van der Waals surface area contributed by atoms with Crippen molar-refractivity contribution in [3.8, 4) is 0 Å². The van der Waals surface area contributed by atoms with E-state index < -0.39 is 0 Å². The Morgan fingerprint density at radius 2 is 2.27 bits per heavy atom. The molecule has 1 heterocycles. The SMILES string of the molecule is C=CCN(C(=O)n1ccnc1)C(C)(C)C. The highest BCUT2D eigenvalue weighted by Gasteiger charge is 2.25. The second kappa shape index (κ2) is 4.29. The number of hydrogen-bond acceptors (Lipinski definition) is 2. The van der Waals surface area contributed by atoms with Crippen molar-refractivity contribution in [3.63, 3.8) is 0 Å². The van der Waals surface area contributed by atoms with Crippen LogP contribution in [0.1, 0.15) is 20.8 Å². The van der Waals surface area contributed by atoms with E-state index >= 15 is 0 Å². The standard InChI is InChI=1S/C11H17N3O/c1-5-7-14(11(2,3)4)10(15)13-8-6-12-9-13/h5-6,8-9H,1,7H2,2-4H3. The van der Waals surface area contributed by atoms with Crippen LogP contribution in [0.25, 0.3) is 0 Å². The van der Waals surface area contributed by atoms with Gasteiger partial charge in [-0.3, -0.25) is 4.57 Å². The van der Waals surface area contributed by atoms with Gasteiger partial charge in [0.1, 0.15) is 6.33 Å². The number of imidazole rings is 1. The van der Waals surface area contributed by atoms with Crippen LogP contribution in [0, 0.1) is 0 Å². The minimum Gasteiger partial charge on any atom is -0.315 e. The molecule has 15 heavy (non-hydrogen) atoms. The van der Waals surface area contributed by atoms with Crippen molar-refractivity contribution in [1.82, 2.24) is 14.5 Å². The summed E-state index contributed by atoms with van der Waals surface area (Å²) < 4.78 is 1.47. The van der Waals surface area contributed by atoms with Gasteiger partial charge >= 0.3 is 6.03 Å². The van der Waals surface area contributed by atoms with Crippen molar-refractivity contribution in [1.29, 1.82) is 0 Å². The molecule has 82 valence electrons. The molecular formula is C11H17N3O. The van der Waals surface area contributed by atoms with Gasteiger partial charge in [-0.15, -0.1) is 6.58 Å². The first-order valence-electron chi connectivity index (χ1n) is 4.87. The third-order valence-electron chi connectivity index (χ3n) is 2.08. The molecule has 0 saturated carbocycles. The molecule has 0 aliphatic carbocycles. The quantitative estimate of drug-likeness (QED) is 0.697. The summed E-state index contributed by atoms with van der Waals surface area (Å²) in [6.07, 6.45) is 6.46. The number of rotatable bonds is 2. The topological polar surface area (TPSA) is 38.1 Å². The average Bonchev–Trinajstić information content (AvgIpc) is 2.63. The fraction of sp³-hybridized carbons (Fsp3) is 0.455. The van der Waals surface area contributed by atoms with Gasteiger partial charge in [0.05, 0.1) is 0 Å². The molecule has 4 nitrogen and oxygen atoms in total. The van der Waals surface area contributed by atoms with E-state index in [9.17, 15) is 4.79 Å². The molecule has 1 aromatic heterocycles. The molecule has 0 N–H and O–H groups in total. The maximum absolute atomic E-state index is 12.0. The maximum atomic E-state index is 12.0. The van der Waals surface area contributed by atoms with Crippen LogP contribution in [0.4, 0.5) is 4.79 Å². The normalized spacial score (nSPS) is 11.1. The van der Waals surface area contributed by atoms with Gasteiger partial charge in [0.15, 0.2) is 0 Å². The maximum Gasteiger partial charge on any atom is 0.330 e. The van der Waals surface area contributed by atoms with Crippen LogP contribution >= 0.6 is 0 Å². The van der Waals surface area contributed by atoms with E-state index in [2.05, 4.69) is 11.6 Å². The fourth-order valence-electron chi connectivity index (χ4n) is 1.28. The summed E-state index contributed by atoms with van der Waals surface area (Å²) in [5, 5.41) is 0. The lowest BCUT2D eigenvalue weighted by Gasteiger charge is -2.34. The first-order chi connectivity index (χ1) is 6.96. The molecule has 1 aromatic rings. The van der Waals surface area contributed by atoms with Crippen molar-refractivity contribution in [3.05, 3.63) is 31.4 Å². The molecule has 0 radical (unpaired) electrons. The van der Waals surface area contributed by atoms with Crippen LogP contribution in [0.15, 0.2) is 31.4 Å². The van der Waals surface area contributed by atoms with Crippen LogP contribution in [-0.4, -0.2) is 32.6 Å². The molecule has 0 unspecified atom stereocenters. The molecular weight excluding hydrogens is 190 g/mol. The predicted molar refractivity (Wildman–Crippen MR) is 59.7 cm³/mol. The van der Waals surface area contributed by atoms with E-state index in [0.717, 1.165) is 0 Å². The number of hydrogen-bond donors (Lipinski definition) is 0. The summed E-state index contributed by atoms with van der Waals surface area (Å²) in [6, 6.07) is -0.0834. The third kappa shape index (κ3) is 2.68. The molecule has 1 amide bonds. The zero-order valence-electron chi connectivity index (χ0n) is 9.47. The van der Waals surface area contributed by atoms with Crippen LogP contribution in [0.2, 0.25) is 0 Å². The summed E-state index contributed by atoms with van der Waals surface area (Å²) in [5.41, 5.74) is -0.227. The van der Waals surface area contributed by atoms with Gasteiger partial charge in [0.2, 0.25) is 0 Å². The zero-order chi connectivity index (χ0) is 11.5. The summed E-state index contributed by atoms with van der Waals surface area (Å²) in [7, 11) is 0. The van der Waals surface area contributed by atoms with Crippen LogP contribution in [0.5, 0.6) is 0 Å². The van der Waals surface area contributed by atoms with E-state index in [4.69, 9.17) is 0 Å². The highest BCUT2D eigenvalue weighted by atomic mass is 16.2. The van der Waals surface area contributed by atoms with Gasteiger partial charge in [-0.25, -0.2) is 9.78 Å². The van der Waals surface area contributed by atoms with Gasteiger partial charge in [-0.1, -0.05) is 6.08 Å². The van der Waals surface area contributed by atoms with Crippen molar-refractivity contribution in [2.45, 2.75) is 26.3 Å². The van der Waals surface area contributed by atoms with Crippen molar-refractivity contribution < 1.29 is 4.79 Å². The summed E-state index contributed by atoms with van der Waals surface area (Å²) in [6.45, 7) is 10.2. The lowest BCUT2D eigenvalue weighted by Crippen LogP contribution is -2.47. The molecule has 1 rings (SSSR count). The Labute approximate surface area is 90.2 Å². The minimum atomic E-state index is -0.227. The number of carbonyl (C=O) groups is 1. The van der Waals surface area contributed by atoms with Gasteiger partial charge < -0.3 is 4.90 Å². The van der Waals surface area contributed by atoms with Gasteiger partial charge in [0, 0.05) is 24.5 Å². The lowest BCUT2D eigenvalue weighted by molar-refractivity contribution is 0.156. The molecule has 0 fully saturated rings. The van der Waals surface area contributed by atoms with Crippen molar-refractivity contribution >= 4 is 6.03 Å². The van der Waals surface area contributed by atoms with E-state index in [-0.39, 0.29) is 11.6 Å². The number of carbonyl (C=O) groups excluding carboxylic acids is 1. The van der Waals surface area contributed by atoms with Gasteiger partial charge in [0.25, 0.3) is 0 Å². The smallest absolute Gasteiger partial charge is 0.315 e. The minimum absolute atomic E-state index is 0.0834. The van der Waals surface area contributed by atoms with E-state index in [1.165, 1.54) is 10.9 Å². The summed E-state index contributed by atoms with van der Waals surface area (Å²) in [5.74, 6) is 0. The molecule has 0 aromatic carbocycles. The Kier molecular flexibility index (Phi) is 3.29. The average molecular weight is 207 g/mol. The molecule has 0 atom stereocenters. The first kappa shape index (κ1) is 11.5. The molecule has 0 aliphatic rings. The first-order valence-corrected chi connectivity index (χ1v) is 4.87. The van der Waals surface area contributed by atoms with Crippen LogP contribution in [0.3, 0.4) is 0 Å². The highest BCUT2D eigenvalue weighted by molar-refractivity contribution is 5.77. The molecule has 4 heteroatoms. The Hall–Kier alpha value is -1.58. The molecule has 0 bridgehead atoms. The molecule has 0 saturated heterocycles. The summed E-state index contributed by atoms with van der Waals surface area (Å²) >= 11 is 0.